The molecular formula is C22H26N4O2. The standard InChI is InChI=1S/C22H26N4O2/c1-4-5-13-23-22(28)20-25-19(18-8-6-7-14-26(18)20)21(27)24-17-11-9-16(10-12-17)15(2)3/h6-12,14-15H,4-5,13H2,1-3H3,(H,23,28)(H,24,27). The number of pyridine rings is 1. The highest BCUT2D eigenvalue weighted by molar-refractivity contribution is 6.08. The lowest BCUT2D eigenvalue weighted by atomic mass is 10.0. The van der Waals surface area contributed by atoms with E-state index in [0.717, 1.165) is 12.8 Å². The summed E-state index contributed by atoms with van der Waals surface area (Å²) in [6.45, 7) is 6.89. The lowest BCUT2D eigenvalue weighted by Crippen LogP contribution is -2.26. The van der Waals surface area contributed by atoms with Crippen molar-refractivity contribution in [3.8, 4) is 0 Å². The molecule has 0 atom stereocenters. The van der Waals surface area contributed by atoms with E-state index < -0.39 is 0 Å². The molecule has 0 spiro atoms. The number of benzene rings is 1. The normalized spacial score (nSPS) is 11.0. The molecule has 0 bridgehead atoms. The van der Waals surface area contributed by atoms with Crippen LogP contribution in [0.25, 0.3) is 5.52 Å². The molecule has 3 aromatic rings. The smallest absolute Gasteiger partial charge is 0.287 e. The highest BCUT2D eigenvalue weighted by Crippen LogP contribution is 2.19. The number of unbranched alkanes of at least 4 members (excludes halogenated alkanes) is 1. The van der Waals surface area contributed by atoms with E-state index in [0.29, 0.717) is 23.7 Å². The molecule has 0 aliphatic carbocycles. The monoisotopic (exact) mass is 378 g/mol. The molecule has 0 fully saturated rings. The van der Waals surface area contributed by atoms with E-state index in [-0.39, 0.29) is 23.3 Å². The predicted molar refractivity (Wildman–Crippen MR) is 111 cm³/mol. The van der Waals surface area contributed by atoms with Gasteiger partial charge in [0.25, 0.3) is 11.8 Å². The number of amides is 2. The van der Waals surface area contributed by atoms with E-state index in [1.165, 1.54) is 5.56 Å². The molecule has 0 saturated heterocycles. The average molecular weight is 378 g/mol. The van der Waals surface area contributed by atoms with Crippen LogP contribution in [0.5, 0.6) is 0 Å². The number of imidazole rings is 1. The van der Waals surface area contributed by atoms with E-state index in [4.69, 9.17) is 0 Å². The number of nitrogens with zero attached hydrogens (tertiary/aromatic N) is 2. The largest absolute Gasteiger partial charge is 0.349 e. The first-order valence-corrected chi connectivity index (χ1v) is 9.67. The summed E-state index contributed by atoms with van der Waals surface area (Å²) in [5.41, 5.74) is 2.73. The number of rotatable bonds is 7. The maximum atomic E-state index is 12.8. The Morgan fingerprint density at radius 1 is 1.07 bits per heavy atom. The molecule has 0 unspecified atom stereocenters. The summed E-state index contributed by atoms with van der Waals surface area (Å²) in [6, 6.07) is 13.2. The second-order valence-electron chi connectivity index (χ2n) is 7.08. The van der Waals surface area contributed by atoms with Gasteiger partial charge in [0.1, 0.15) is 0 Å². The Bertz CT molecular complexity index is 974. The Hall–Kier alpha value is -3.15. The molecule has 3 rings (SSSR count). The Kier molecular flexibility index (Phi) is 6.09. The van der Waals surface area contributed by atoms with Gasteiger partial charge < -0.3 is 10.6 Å². The highest BCUT2D eigenvalue weighted by atomic mass is 16.2. The van der Waals surface area contributed by atoms with Gasteiger partial charge in [0, 0.05) is 18.4 Å². The van der Waals surface area contributed by atoms with E-state index in [1.54, 1.807) is 16.7 Å². The van der Waals surface area contributed by atoms with Crippen molar-refractivity contribution in [2.75, 3.05) is 11.9 Å². The number of carbonyl (C=O) groups is 2. The maximum Gasteiger partial charge on any atom is 0.287 e. The van der Waals surface area contributed by atoms with Crippen molar-refractivity contribution in [1.82, 2.24) is 14.7 Å². The minimum absolute atomic E-state index is 0.215. The second kappa shape index (κ2) is 8.69. The van der Waals surface area contributed by atoms with Crippen molar-refractivity contribution in [3.63, 3.8) is 0 Å². The average Bonchev–Trinajstić information content (AvgIpc) is 3.08. The number of hydrogen-bond acceptors (Lipinski definition) is 3. The molecule has 6 nitrogen and oxygen atoms in total. The Morgan fingerprint density at radius 3 is 2.50 bits per heavy atom. The third-order valence-electron chi connectivity index (χ3n) is 4.62. The van der Waals surface area contributed by atoms with E-state index >= 15 is 0 Å². The van der Waals surface area contributed by atoms with Crippen LogP contribution in [0.15, 0.2) is 48.7 Å². The molecule has 0 aliphatic rings. The first-order chi connectivity index (χ1) is 13.5. The summed E-state index contributed by atoms with van der Waals surface area (Å²) in [6.07, 6.45) is 3.63. The van der Waals surface area contributed by atoms with E-state index in [9.17, 15) is 9.59 Å². The molecule has 2 amide bonds. The van der Waals surface area contributed by atoms with Gasteiger partial charge in [-0.25, -0.2) is 4.98 Å². The zero-order valence-corrected chi connectivity index (χ0v) is 16.5. The summed E-state index contributed by atoms with van der Waals surface area (Å²) in [4.78, 5) is 29.7. The number of fused-ring (bicyclic) bond motifs is 1. The molecular weight excluding hydrogens is 352 g/mol. The molecule has 2 heterocycles. The van der Waals surface area contributed by atoms with Gasteiger partial charge in [-0.1, -0.05) is 45.4 Å². The summed E-state index contributed by atoms with van der Waals surface area (Å²) >= 11 is 0. The lowest BCUT2D eigenvalue weighted by molar-refractivity contribution is 0.0942. The first kappa shape index (κ1) is 19.6. The van der Waals surface area contributed by atoms with Crippen molar-refractivity contribution in [2.45, 2.75) is 39.5 Å². The number of hydrogen-bond donors (Lipinski definition) is 2. The van der Waals surface area contributed by atoms with Crippen LogP contribution < -0.4 is 10.6 Å². The quantitative estimate of drug-likeness (QED) is 0.604. The van der Waals surface area contributed by atoms with Gasteiger partial charge in [-0.3, -0.25) is 14.0 Å². The SMILES string of the molecule is CCCCNC(=O)c1nc(C(=O)Nc2ccc(C(C)C)cc2)c2ccccn12. The molecule has 2 aromatic heterocycles. The Morgan fingerprint density at radius 2 is 1.82 bits per heavy atom. The summed E-state index contributed by atoms with van der Waals surface area (Å²) in [7, 11) is 0. The van der Waals surface area contributed by atoms with Crippen molar-refractivity contribution in [3.05, 3.63) is 65.7 Å². The molecule has 0 saturated carbocycles. The number of nitrogens with one attached hydrogen (secondary N) is 2. The van der Waals surface area contributed by atoms with Crippen LogP contribution in [0, 0.1) is 0 Å². The summed E-state index contributed by atoms with van der Waals surface area (Å²) in [5, 5.41) is 5.73. The summed E-state index contributed by atoms with van der Waals surface area (Å²) in [5.74, 6) is 0.0196. The minimum Gasteiger partial charge on any atom is -0.349 e. The first-order valence-electron chi connectivity index (χ1n) is 9.67. The zero-order chi connectivity index (χ0) is 20.1. The lowest BCUT2D eigenvalue weighted by Gasteiger charge is -2.07. The van der Waals surface area contributed by atoms with Gasteiger partial charge in [-0.2, -0.15) is 0 Å². The third kappa shape index (κ3) is 4.22. The van der Waals surface area contributed by atoms with Crippen LogP contribution in [-0.4, -0.2) is 27.7 Å². The van der Waals surface area contributed by atoms with Gasteiger partial charge in [-0.15, -0.1) is 0 Å². The molecule has 28 heavy (non-hydrogen) atoms. The Balaban J connectivity index is 1.85. The van der Waals surface area contributed by atoms with Gasteiger partial charge >= 0.3 is 0 Å². The Labute approximate surface area is 165 Å². The van der Waals surface area contributed by atoms with E-state index in [2.05, 4.69) is 36.4 Å². The molecule has 2 N–H and O–H groups in total. The highest BCUT2D eigenvalue weighted by Gasteiger charge is 2.21. The fourth-order valence-corrected chi connectivity index (χ4v) is 2.96. The van der Waals surface area contributed by atoms with Crippen LogP contribution in [0.1, 0.15) is 66.2 Å². The molecule has 6 heteroatoms. The fourth-order valence-electron chi connectivity index (χ4n) is 2.96. The van der Waals surface area contributed by atoms with Gasteiger partial charge in [0.2, 0.25) is 5.82 Å². The number of aromatic nitrogens is 2. The molecule has 1 aromatic carbocycles. The fraction of sp³-hybridized carbons (Fsp3) is 0.318. The van der Waals surface area contributed by atoms with Gasteiger partial charge in [-0.05, 0) is 42.2 Å². The zero-order valence-electron chi connectivity index (χ0n) is 16.5. The van der Waals surface area contributed by atoms with Crippen molar-refractivity contribution in [2.24, 2.45) is 0 Å². The minimum atomic E-state index is -0.339. The molecule has 146 valence electrons. The maximum absolute atomic E-state index is 12.8. The number of carbonyl (C=O) groups excluding carboxylic acids is 2. The van der Waals surface area contributed by atoms with Crippen molar-refractivity contribution < 1.29 is 9.59 Å². The van der Waals surface area contributed by atoms with Crippen LogP contribution >= 0.6 is 0 Å². The molecule has 0 radical (unpaired) electrons. The van der Waals surface area contributed by atoms with Crippen LogP contribution in [0.2, 0.25) is 0 Å². The third-order valence-corrected chi connectivity index (χ3v) is 4.62. The van der Waals surface area contributed by atoms with Gasteiger partial charge in [0.05, 0.1) is 5.52 Å². The van der Waals surface area contributed by atoms with E-state index in [1.807, 2.05) is 36.4 Å². The molecule has 0 aliphatic heterocycles. The predicted octanol–water partition coefficient (Wildman–Crippen LogP) is 4.24. The van der Waals surface area contributed by atoms with Crippen LogP contribution in [0.4, 0.5) is 5.69 Å². The summed E-state index contributed by atoms with van der Waals surface area (Å²) < 4.78 is 1.65. The topological polar surface area (TPSA) is 75.5 Å². The second-order valence-corrected chi connectivity index (χ2v) is 7.08. The van der Waals surface area contributed by atoms with Crippen molar-refractivity contribution in [1.29, 1.82) is 0 Å². The van der Waals surface area contributed by atoms with Crippen LogP contribution in [-0.2, 0) is 0 Å². The van der Waals surface area contributed by atoms with Crippen LogP contribution in [0.3, 0.4) is 0 Å². The van der Waals surface area contributed by atoms with Crippen molar-refractivity contribution >= 4 is 23.0 Å². The van der Waals surface area contributed by atoms with Gasteiger partial charge in [0.15, 0.2) is 5.69 Å². The number of anilines is 1.